The van der Waals surface area contributed by atoms with Gasteiger partial charge >= 0.3 is 23.9 Å². The summed E-state index contributed by atoms with van der Waals surface area (Å²) in [6.07, 6.45) is -4.30. The first-order chi connectivity index (χ1) is 18.2. The summed E-state index contributed by atoms with van der Waals surface area (Å²) in [6, 6.07) is 0. The van der Waals surface area contributed by atoms with Crippen LogP contribution < -0.4 is 5.32 Å². The Balaban J connectivity index is 0.000000500. The van der Waals surface area contributed by atoms with Crippen molar-refractivity contribution in [1.29, 1.82) is 0 Å². The summed E-state index contributed by atoms with van der Waals surface area (Å²) in [6.45, 7) is 8.69. The number of hydrogen-bond donors (Lipinski definition) is 4. The minimum atomic E-state index is -2.32. The first-order valence-corrected chi connectivity index (χ1v) is 13.5. The van der Waals surface area contributed by atoms with Crippen LogP contribution in [0.15, 0.2) is 0 Å². The van der Waals surface area contributed by atoms with Crippen molar-refractivity contribution >= 4 is 23.9 Å². The number of aliphatic carboxylic acids is 1. The van der Waals surface area contributed by atoms with Gasteiger partial charge in [-0.3, -0.25) is 4.79 Å². The highest BCUT2D eigenvalue weighted by Gasteiger charge is 3.04. The second-order valence-corrected chi connectivity index (χ2v) is 12.8. The standard InChI is InChI=1S/C22H26O12.C4H9N/c1-7-14(26)32-12-11(25)20-9-5-8(18(2,3)4)19(20)13(30-6-10(23)24)15(27)33-17(19)34-22(20,16(28)31-9)21(7,12)29;1-2-4-5-3-1/h7-9,11-13,17,25,29H,5-6H2,1-4H3,(H,23,24);5H,1-4H2/t7?,8-,9?,11-,12-,13-,17-,19?,20-,21+,22+;/m0./s1. The molecule has 5 aliphatic heterocycles. The zero-order chi connectivity index (χ0) is 28.3. The van der Waals surface area contributed by atoms with Gasteiger partial charge in [0, 0.05) is 0 Å². The molecule has 0 radical (unpaired) electrons. The summed E-state index contributed by atoms with van der Waals surface area (Å²) in [5, 5.41) is 36.3. The third-order valence-corrected chi connectivity index (χ3v) is 10.3. The molecule has 0 aromatic heterocycles. The second-order valence-electron chi connectivity index (χ2n) is 12.8. The molecule has 5 heterocycles. The van der Waals surface area contributed by atoms with Crippen molar-refractivity contribution in [2.75, 3.05) is 19.7 Å². The zero-order valence-corrected chi connectivity index (χ0v) is 22.3. The number of carbonyl (C=O) groups excluding carboxylic acids is 3. The number of fused-ring (bicyclic) bond motifs is 1. The summed E-state index contributed by atoms with van der Waals surface area (Å²) in [4.78, 5) is 50.5. The summed E-state index contributed by atoms with van der Waals surface area (Å²) in [5.74, 6) is -5.84. The van der Waals surface area contributed by atoms with Gasteiger partial charge in [0.15, 0.2) is 17.8 Å². The number of esters is 3. The molecule has 4 N–H and O–H groups in total. The molecule has 7 aliphatic rings. The van der Waals surface area contributed by atoms with E-state index in [1.54, 1.807) is 0 Å². The predicted molar refractivity (Wildman–Crippen MR) is 125 cm³/mol. The van der Waals surface area contributed by atoms with Crippen LogP contribution in [0.25, 0.3) is 0 Å². The van der Waals surface area contributed by atoms with Gasteiger partial charge in [0.25, 0.3) is 0 Å². The number of rotatable bonds is 3. The van der Waals surface area contributed by atoms with Crippen molar-refractivity contribution in [2.45, 2.75) is 88.9 Å². The molecule has 3 unspecified atom stereocenters. The van der Waals surface area contributed by atoms with Gasteiger partial charge in [-0.25, -0.2) is 14.4 Å². The molecule has 5 saturated heterocycles. The maximum absolute atomic E-state index is 13.6. The first-order valence-electron chi connectivity index (χ1n) is 13.5. The van der Waals surface area contributed by atoms with Crippen molar-refractivity contribution in [3.05, 3.63) is 0 Å². The SMILES string of the molecule is C1CCNC1.CC1C(=O)O[C@H]2[C@H](O)[C@@]34C5C[C@@H](C(C)(C)C)C36[C@@H](OC(=O)[C@@H]6OCC(=O)O)O[C@@]4(C(=O)O5)[C@@]12O. The van der Waals surface area contributed by atoms with E-state index in [9.17, 15) is 34.5 Å². The fraction of sp³-hybridized carbons (Fsp3) is 0.846. The Morgan fingerprint density at radius 2 is 1.77 bits per heavy atom. The van der Waals surface area contributed by atoms with Gasteiger partial charge < -0.3 is 44.3 Å². The van der Waals surface area contributed by atoms with E-state index in [0.717, 1.165) is 0 Å². The number of ether oxygens (including phenoxy) is 5. The van der Waals surface area contributed by atoms with Gasteiger partial charge in [0.05, 0.1) is 16.7 Å². The van der Waals surface area contributed by atoms with E-state index in [-0.39, 0.29) is 6.42 Å². The molecule has 7 fully saturated rings. The molecule has 39 heavy (non-hydrogen) atoms. The fourth-order valence-electron chi connectivity index (χ4n) is 9.08. The average Bonchev–Trinajstić information content (AvgIpc) is 3.66. The van der Waals surface area contributed by atoms with Crippen molar-refractivity contribution in [2.24, 2.45) is 28.1 Å². The lowest BCUT2D eigenvalue weighted by Gasteiger charge is -2.48. The molecule has 0 aromatic rings. The highest BCUT2D eigenvalue weighted by Crippen LogP contribution is 2.84. The topological polar surface area (TPSA) is 187 Å². The molecular weight excluding hydrogens is 518 g/mol. The van der Waals surface area contributed by atoms with E-state index in [4.69, 9.17) is 23.7 Å². The van der Waals surface area contributed by atoms with E-state index < -0.39 is 100 Å². The van der Waals surface area contributed by atoms with Gasteiger partial charge in [0.1, 0.15) is 18.8 Å². The molecule has 2 aliphatic carbocycles. The van der Waals surface area contributed by atoms with Crippen LogP contribution >= 0.6 is 0 Å². The van der Waals surface area contributed by atoms with Crippen molar-refractivity contribution in [3.8, 4) is 0 Å². The third kappa shape index (κ3) is 2.73. The van der Waals surface area contributed by atoms with Crippen LogP contribution in [0.5, 0.6) is 0 Å². The van der Waals surface area contributed by atoms with Crippen molar-refractivity contribution < 1.29 is 58.2 Å². The molecule has 2 saturated carbocycles. The molecule has 0 bridgehead atoms. The minimum absolute atomic E-state index is 0.169. The summed E-state index contributed by atoms with van der Waals surface area (Å²) >= 11 is 0. The van der Waals surface area contributed by atoms with Crippen molar-refractivity contribution in [1.82, 2.24) is 5.32 Å². The molecule has 13 nitrogen and oxygen atoms in total. The van der Waals surface area contributed by atoms with Gasteiger partial charge in [0.2, 0.25) is 11.9 Å². The van der Waals surface area contributed by atoms with E-state index in [1.807, 2.05) is 20.8 Å². The number of aliphatic hydroxyl groups is 2. The van der Waals surface area contributed by atoms with E-state index in [1.165, 1.54) is 32.9 Å². The van der Waals surface area contributed by atoms with Crippen LogP contribution in [0.4, 0.5) is 0 Å². The van der Waals surface area contributed by atoms with E-state index in [2.05, 4.69) is 5.32 Å². The Morgan fingerprint density at radius 3 is 2.33 bits per heavy atom. The Hall–Kier alpha value is -2.32. The van der Waals surface area contributed by atoms with Crippen molar-refractivity contribution in [3.63, 3.8) is 0 Å². The Bertz CT molecular complexity index is 1120. The summed E-state index contributed by atoms with van der Waals surface area (Å²) in [7, 11) is 0. The number of hydrogen-bond acceptors (Lipinski definition) is 12. The molecule has 216 valence electrons. The molecule has 11 atom stereocenters. The second kappa shape index (κ2) is 8.12. The number of carbonyl (C=O) groups is 4. The van der Waals surface area contributed by atoms with Crippen LogP contribution in [0.2, 0.25) is 0 Å². The van der Waals surface area contributed by atoms with Gasteiger partial charge in [-0.1, -0.05) is 20.8 Å². The number of carboxylic acids is 1. The van der Waals surface area contributed by atoms with Crippen LogP contribution in [-0.4, -0.2) is 101 Å². The van der Waals surface area contributed by atoms with Gasteiger partial charge in [-0.2, -0.15) is 0 Å². The molecule has 0 amide bonds. The quantitative estimate of drug-likeness (QED) is 0.249. The smallest absolute Gasteiger partial charge is 0.343 e. The van der Waals surface area contributed by atoms with E-state index >= 15 is 0 Å². The lowest BCUT2D eigenvalue weighted by Crippen LogP contribution is -2.67. The Morgan fingerprint density at radius 1 is 1.10 bits per heavy atom. The number of nitrogens with one attached hydrogen (secondary N) is 1. The monoisotopic (exact) mass is 553 g/mol. The van der Waals surface area contributed by atoms with E-state index in [0.29, 0.717) is 0 Å². The van der Waals surface area contributed by atoms with Crippen LogP contribution in [0.1, 0.15) is 47.0 Å². The predicted octanol–water partition coefficient (Wildman–Crippen LogP) is -0.891. The Kier molecular flexibility index (Phi) is 5.60. The Labute approximate surface area is 224 Å². The fourth-order valence-corrected chi connectivity index (χ4v) is 9.08. The van der Waals surface area contributed by atoms with Gasteiger partial charge in [-0.15, -0.1) is 0 Å². The lowest BCUT2D eigenvalue weighted by atomic mass is 9.51. The number of aliphatic hydroxyl groups excluding tert-OH is 1. The highest BCUT2D eigenvalue weighted by atomic mass is 16.8. The number of carboxylic acid groups (broad SMARTS) is 1. The zero-order valence-electron chi connectivity index (χ0n) is 22.3. The average molecular weight is 554 g/mol. The van der Waals surface area contributed by atoms with Gasteiger partial charge in [-0.05, 0) is 50.6 Å². The van der Waals surface area contributed by atoms with Crippen LogP contribution in [-0.2, 0) is 42.9 Å². The molecular formula is C26H35NO12. The largest absolute Gasteiger partial charge is 0.480 e. The highest BCUT2D eigenvalue weighted by molar-refractivity contribution is 5.94. The van der Waals surface area contributed by atoms with Crippen LogP contribution in [0, 0.1) is 28.1 Å². The molecule has 0 aromatic carbocycles. The third-order valence-electron chi connectivity index (χ3n) is 10.3. The maximum Gasteiger partial charge on any atom is 0.343 e. The lowest BCUT2D eigenvalue weighted by molar-refractivity contribution is -0.240. The molecule has 7 rings (SSSR count). The maximum atomic E-state index is 13.6. The normalized spacial score (nSPS) is 50.4. The van der Waals surface area contributed by atoms with Crippen LogP contribution in [0.3, 0.4) is 0 Å². The summed E-state index contributed by atoms with van der Waals surface area (Å²) < 4.78 is 28.5. The molecule has 2 spiro atoms. The minimum Gasteiger partial charge on any atom is -0.480 e. The molecule has 13 heteroatoms. The first kappa shape index (κ1) is 26.9. The summed E-state index contributed by atoms with van der Waals surface area (Å²) in [5.41, 5.74) is -8.62.